The number of hydrogen-bond acceptors (Lipinski definition) is 3. The van der Waals surface area contributed by atoms with E-state index in [9.17, 15) is 0 Å². The second kappa shape index (κ2) is 7.07. The molecule has 0 fully saturated rings. The van der Waals surface area contributed by atoms with Gasteiger partial charge in [0.05, 0.1) is 30.1 Å². The van der Waals surface area contributed by atoms with Crippen molar-refractivity contribution >= 4 is 16.6 Å². The highest BCUT2D eigenvalue weighted by Crippen LogP contribution is 2.37. The van der Waals surface area contributed by atoms with Crippen LogP contribution in [-0.4, -0.2) is 18.3 Å². The van der Waals surface area contributed by atoms with E-state index < -0.39 is 0 Å². The number of rotatable bonds is 6. The van der Waals surface area contributed by atoms with Crippen molar-refractivity contribution in [2.75, 3.05) is 19.5 Å². The molecule has 0 saturated carbocycles. The molecule has 0 aliphatic rings. The SMILES string of the molecule is CCOCc1cc(N)c2c(c1)c(COC)c(-c1ccccc1)n2C. The van der Waals surface area contributed by atoms with Gasteiger partial charge in [-0.15, -0.1) is 0 Å². The summed E-state index contributed by atoms with van der Waals surface area (Å²) in [5, 5.41) is 1.13. The summed E-state index contributed by atoms with van der Waals surface area (Å²) in [7, 11) is 3.78. The molecular weight excluding hydrogens is 300 g/mol. The van der Waals surface area contributed by atoms with Crippen LogP contribution in [0, 0.1) is 0 Å². The van der Waals surface area contributed by atoms with Crippen molar-refractivity contribution in [3.63, 3.8) is 0 Å². The van der Waals surface area contributed by atoms with E-state index in [0.717, 1.165) is 39.0 Å². The highest BCUT2D eigenvalue weighted by atomic mass is 16.5. The van der Waals surface area contributed by atoms with E-state index >= 15 is 0 Å². The maximum Gasteiger partial charge on any atom is 0.0740 e. The Bertz CT molecular complexity index is 838. The third kappa shape index (κ3) is 2.90. The molecule has 1 aromatic heterocycles. The summed E-state index contributed by atoms with van der Waals surface area (Å²) in [5.41, 5.74) is 12.7. The van der Waals surface area contributed by atoms with E-state index in [-0.39, 0.29) is 0 Å². The lowest BCUT2D eigenvalue weighted by molar-refractivity contribution is 0.134. The smallest absolute Gasteiger partial charge is 0.0740 e. The summed E-state index contributed by atoms with van der Waals surface area (Å²) in [6, 6.07) is 14.5. The van der Waals surface area contributed by atoms with Crippen LogP contribution in [0.3, 0.4) is 0 Å². The zero-order valence-corrected chi connectivity index (χ0v) is 14.5. The van der Waals surface area contributed by atoms with Crippen LogP contribution in [-0.2, 0) is 29.7 Å². The molecule has 2 aromatic carbocycles. The van der Waals surface area contributed by atoms with Crippen LogP contribution in [0.1, 0.15) is 18.1 Å². The van der Waals surface area contributed by atoms with Crippen molar-refractivity contribution in [3.8, 4) is 11.3 Å². The molecule has 0 bridgehead atoms. The number of nitrogens with zero attached hydrogens (tertiary/aromatic N) is 1. The van der Waals surface area contributed by atoms with Crippen molar-refractivity contribution in [3.05, 3.63) is 53.6 Å². The Labute approximate surface area is 142 Å². The summed E-state index contributed by atoms with van der Waals surface area (Å²) in [6.07, 6.45) is 0. The van der Waals surface area contributed by atoms with Crippen LogP contribution in [0.4, 0.5) is 5.69 Å². The Morgan fingerprint density at radius 3 is 2.50 bits per heavy atom. The first-order chi connectivity index (χ1) is 11.7. The average Bonchev–Trinajstić information content (AvgIpc) is 2.87. The second-order valence-electron chi connectivity index (χ2n) is 5.90. The predicted molar refractivity (Wildman–Crippen MR) is 98.8 cm³/mol. The summed E-state index contributed by atoms with van der Waals surface area (Å²) >= 11 is 0. The van der Waals surface area contributed by atoms with Crippen LogP contribution in [0.5, 0.6) is 0 Å². The lowest BCUT2D eigenvalue weighted by Crippen LogP contribution is -1.98. The number of hydrogen-bond donors (Lipinski definition) is 1. The molecule has 0 saturated heterocycles. The summed E-state index contributed by atoms with van der Waals surface area (Å²) in [4.78, 5) is 0. The minimum atomic E-state index is 0.541. The van der Waals surface area contributed by atoms with Gasteiger partial charge in [0.2, 0.25) is 0 Å². The largest absolute Gasteiger partial charge is 0.397 e. The Morgan fingerprint density at radius 2 is 1.83 bits per heavy atom. The predicted octanol–water partition coefficient (Wildman–Crippen LogP) is 4.11. The Balaban J connectivity index is 2.26. The lowest BCUT2D eigenvalue weighted by atomic mass is 10.0. The number of benzene rings is 2. The number of fused-ring (bicyclic) bond motifs is 1. The fourth-order valence-electron chi connectivity index (χ4n) is 3.32. The van der Waals surface area contributed by atoms with Crippen LogP contribution >= 0.6 is 0 Å². The molecular formula is C20H24N2O2. The van der Waals surface area contributed by atoms with E-state index in [4.69, 9.17) is 15.2 Å². The number of ether oxygens (including phenoxy) is 2. The maximum atomic E-state index is 6.37. The van der Waals surface area contributed by atoms with Crippen molar-refractivity contribution in [2.24, 2.45) is 7.05 Å². The minimum Gasteiger partial charge on any atom is -0.397 e. The maximum absolute atomic E-state index is 6.37. The van der Waals surface area contributed by atoms with Crippen molar-refractivity contribution in [2.45, 2.75) is 20.1 Å². The van der Waals surface area contributed by atoms with Gasteiger partial charge < -0.3 is 19.8 Å². The number of aromatic nitrogens is 1. The van der Waals surface area contributed by atoms with E-state index in [2.05, 4.69) is 29.8 Å². The Morgan fingerprint density at radius 1 is 1.08 bits per heavy atom. The first-order valence-electron chi connectivity index (χ1n) is 8.19. The quantitative estimate of drug-likeness (QED) is 0.694. The molecule has 0 aliphatic heterocycles. The second-order valence-corrected chi connectivity index (χ2v) is 5.90. The average molecular weight is 324 g/mol. The first kappa shape index (κ1) is 16.6. The van der Waals surface area contributed by atoms with Crippen LogP contribution in [0.2, 0.25) is 0 Å². The van der Waals surface area contributed by atoms with Crippen molar-refractivity contribution in [1.82, 2.24) is 4.57 Å². The fraction of sp³-hybridized carbons (Fsp3) is 0.300. The summed E-state index contributed by atoms with van der Waals surface area (Å²) < 4.78 is 13.2. The summed E-state index contributed by atoms with van der Waals surface area (Å²) in [5.74, 6) is 0. The van der Waals surface area contributed by atoms with Crippen LogP contribution in [0.25, 0.3) is 22.2 Å². The molecule has 0 atom stereocenters. The van der Waals surface area contributed by atoms with Gasteiger partial charge >= 0.3 is 0 Å². The number of nitrogens with two attached hydrogens (primary N) is 1. The number of aryl methyl sites for hydroxylation is 1. The third-order valence-electron chi connectivity index (χ3n) is 4.29. The summed E-state index contributed by atoms with van der Waals surface area (Å²) in [6.45, 7) is 3.79. The molecule has 0 spiro atoms. The van der Waals surface area contributed by atoms with Crippen molar-refractivity contribution < 1.29 is 9.47 Å². The number of anilines is 1. The van der Waals surface area contributed by atoms with Gasteiger partial charge in [0.25, 0.3) is 0 Å². The van der Waals surface area contributed by atoms with E-state index in [1.807, 2.05) is 31.2 Å². The molecule has 3 rings (SSSR count). The van der Waals surface area contributed by atoms with Gasteiger partial charge in [0, 0.05) is 31.7 Å². The number of methoxy groups -OCH3 is 1. The molecule has 0 radical (unpaired) electrons. The Hall–Kier alpha value is -2.30. The highest BCUT2D eigenvalue weighted by molar-refractivity contribution is 5.99. The normalized spacial score (nSPS) is 11.3. The van der Waals surface area contributed by atoms with E-state index in [1.165, 1.54) is 0 Å². The first-order valence-corrected chi connectivity index (χ1v) is 8.19. The molecule has 1 heterocycles. The van der Waals surface area contributed by atoms with Gasteiger partial charge in [-0.25, -0.2) is 0 Å². The van der Waals surface area contributed by atoms with Gasteiger partial charge in [-0.1, -0.05) is 30.3 Å². The number of nitrogen functional groups attached to an aromatic ring is 1. The molecule has 0 aliphatic carbocycles. The molecule has 0 amide bonds. The zero-order valence-electron chi connectivity index (χ0n) is 14.5. The fourth-order valence-corrected chi connectivity index (χ4v) is 3.32. The van der Waals surface area contributed by atoms with Crippen LogP contribution in [0.15, 0.2) is 42.5 Å². The third-order valence-corrected chi connectivity index (χ3v) is 4.29. The Kier molecular flexibility index (Phi) is 4.88. The van der Waals surface area contributed by atoms with Crippen LogP contribution < -0.4 is 5.73 Å². The molecule has 4 heteroatoms. The van der Waals surface area contributed by atoms with E-state index in [1.54, 1.807) is 7.11 Å². The van der Waals surface area contributed by atoms with Gasteiger partial charge in [0.15, 0.2) is 0 Å². The molecule has 3 aromatic rings. The standard InChI is InChI=1S/C20H24N2O2/c1-4-24-12-14-10-16-17(13-23-3)19(15-8-6-5-7-9-15)22(2)20(16)18(21)11-14/h5-11H,4,12-13,21H2,1-3H3. The zero-order chi connectivity index (χ0) is 17.1. The molecule has 0 unspecified atom stereocenters. The minimum absolute atomic E-state index is 0.541. The van der Waals surface area contributed by atoms with Crippen molar-refractivity contribution in [1.29, 1.82) is 0 Å². The van der Waals surface area contributed by atoms with Gasteiger partial charge in [-0.05, 0) is 30.2 Å². The molecule has 4 nitrogen and oxygen atoms in total. The van der Waals surface area contributed by atoms with Gasteiger partial charge in [-0.3, -0.25) is 0 Å². The topological polar surface area (TPSA) is 49.4 Å². The van der Waals surface area contributed by atoms with Gasteiger partial charge in [0.1, 0.15) is 0 Å². The molecule has 126 valence electrons. The molecule has 24 heavy (non-hydrogen) atoms. The lowest BCUT2D eigenvalue weighted by Gasteiger charge is -2.08. The monoisotopic (exact) mass is 324 g/mol. The van der Waals surface area contributed by atoms with Gasteiger partial charge in [-0.2, -0.15) is 0 Å². The highest BCUT2D eigenvalue weighted by Gasteiger charge is 2.19. The molecule has 2 N–H and O–H groups in total. The van der Waals surface area contributed by atoms with E-state index in [0.29, 0.717) is 19.8 Å².